The number of rotatable bonds is 5. The van der Waals surface area contributed by atoms with E-state index in [0.717, 1.165) is 32.5 Å². The number of hydrogen-bond donors (Lipinski definition) is 2. The van der Waals surface area contributed by atoms with Gasteiger partial charge in [0, 0.05) is 25.1 Å². The zero-order chi connectivity index (χ0) is 11.5. The van der Waals surface area contributed by atoms with Gasteiger partial charge in [-0.05, 0) is 32.2 Å². The van der Waals surface area contributed by atoms with Crippen molar-refractivity contribution in [2.24, 2.45) is 11.3 Å². The molecule has 1 aliphatic rings. The maximum absolute atomic E-state index is 9.51. The molecule has 3 atom stereocenters. The van der Waals surface area contributed by atoms with Crippen LogP contribution in [0.5, 0.6) is 0 Å². The molecule has 1 rings (SSSR count). The first-order valence-corrected chi connectivity index (χ1v) is 6.02. The predicted molar refractivity (Wildman–Crippen MR) is 61.7 cm³/mol. The van der Waals surface area contributed by atoms with Crippen LogP contribution in [0.15, 0.2) is 0 Å². The third kappa shape index (κ3) is 3.44. The molecule has 3 nitrogen and oxygen atoms in total. The van der Waals surface area contributed by atoms with Crippen LogP contribution in [0.3, 0.4) is 0 Å². The fraction of sp³-hybridized carbons (Fsp3) is 1.00. The minimum Gasteiger partial charge on any atom is -0.396 e. The Kier molecular flexibility index (Phi) is 4.56. The third-order valence-corrected chi connectivity index (χ3v) is 3.83. The van der Waals surface area contributed by atoms with Crippen LogP contribution >= 0.6 is 0 Å². The smallest absolute Gasteiger partial charge is 0.0552 e. The Morgan fingerprint density at radius 3 is 2.60 bits per heavy atom. The van der Waals surface area contributed by atoms with Crippen LogP contribution in [0.25, 0.3) is 0 Å². The Hall–Kier alpha value is -0.120. The molecule has 3 heteroatoms. The molecule has 1 fully saturated rings. The van der Waals surface area contributed by atoms with Gasteiger partial charge in [0.25, 0.3) is 0 Å². The normalized spacial score (nSPS) is 29.0. The van der Waals surface area contributed by atoms with E-state index in [1.54, 1.807) is 0 Å². The van der Waals surface area contributed by atoms with Crippen LogP contribution < -0.4 is 0 Å². The zero-order valence-corrected chi connectivity index (χ0v) is 10.2. The van der Waals surface area contributed by atoms with Crippen molar-refractivity contribution >= 4 is 0 Å². The van der Waals surface area contributed by atoms with Crippen LogP contribution in [-0.2, 0) is 0 Å². The Bertz CT molecular complexity index is 190. The molecule has 0 radical (unpaired) electrons. The number of likely N-dealkylation sites (tertiary alicyclic amines) is 1. The first kappa shape index (κ1) is 12.9. The lowest BCUT2D eigenvalue weighted by molar-refractivity contribution is 0.0844. The Morgan fingerprint density at radius 1 is 1.53 bits per heavy atom. The molecule has 0 amide bonds. The SMILES string of the molecule is CCC(C)(CO)CN1CCC(C(C)O)C1. The lowest BCUT2D eigenvalue weighted by Gasteiger charge is -2.31. The summed E-state index contributed by atoms with van der Waals surface area (Å²) in [6.45, 7) is 9.36. The van der Waals surface area contributed by atoms with Gasteiger partial charge in [0.15, 0.2) is 0 Å². The topological polar surface area (TPSA) is 43.7 Å². The van der Waals surface area contributed by atoms with Crippen molar-refractivity contribution in [3.8, 4) is 0 Å². The second kappa shape index (κ2) is 5.28. The summed E-state index contributed by atoms with van der Waals surface area (Å²) in [6, 6.07) is 0. The molecule has 0 saturated carbocycles. The first-order chi connectivity index (χ1) is 7.00. The van der Waals surface area contributed by atoms with E-state index in [4.69, 9.17) is 0 Å². The van der Waals surface area contributed by atoms with Crippen molar-refractivity contribution in [2.45, 2.75) is 39.7 Å². The molecule has 2 N–H and O–H groups in total. The summed E-state index contributed by atoms with van der Waals surface area (Å²) in [5, 5.41) is 18.9. The highest BCUT2D eigenvalue weighted by atomic mass is 16.3. The van der Waals surface area contributed by atoms with Crippen LogP contribution in [0.1, 0.15) is 33.6 Å². The molecule has 0 spiro atoms. The number of aliphatic hydroxyl groups excluding tert-OH is 2. The van der Waals surface area contributed by atoms with Crippen molar-refractivity contribution < 1.29 is 10.2 Å². The van der Waals surface area contributed by atoms with E-state index in [-0.39, 0.29) is 18.1 Å². The summed E-state index contributed by atoms with van der Waals surface area (Å²) in [4.78, 5) is 2.37. The quantitative estimate of drug-likeness (QED) is 0.722. The van der Waals surface area contributed by atoms with E-state index >= 15 is 0 Å². The van der Waals surface area contributed by atoms with Gasteiger partial charge in [-0.2, -0.15) is 0 Å². The molecule has 0 aromatic rings. The van der Waals surface area contributed by atoms with E-state index in [9.17, 15) is 10.2 Å². The van der Waals surface area contributed by atoms with Gasteiger partial charge < -0.3 is 15.1 Å². The predicted octanol–water partition coefficient (Wildman–Crippen LogP) is 1.10. The van der Waals surface area contributed by atoms with E-state index in [1.165, 1.54) is 0 Å². The van der Waals surface area contributed by atoms with Crippen LogP contribution in [0.2, 0.25) is 0 Å². The average molecular weight is 215 g/mol. The highest BCUT2D eigenvalue weighted by Gasteiger charge is 2.31. The molecule has 0 aliphatic carbocycles. The van der Waals surface area contributed by atoms with Gasteiger partial charge in [-0.3, -0.25) is 0 Å². The molecule has 1 heterocycles. The second-order valence-electron chi connectivity index (χ2n) is 5.35. The van der Waals surface area contributed by atoms with Crippen molar-refractivity contribution in [1.82, 2.24) is 4.90 Å². The second-order valence-corrected chi connectivity index (χ2v) is 5.35. The van der Waals surface area contributed by atoms with Gasteiger partial charge in [0.2, 0.25) is 0 Å². The highest BCUT2D eigenvalue weighted by Crippen LogP contribution is 2.26. The van der Waals surface area contributed by atoms with E-state index in [2.05, 4.69) is 18.7 Å². The summed E-state index contributed by atoms with van der Waals surface area (Å²) < 4.78 is 0. The molecule has 0 bridgehead atoms. The summed E-state index contributed by atoms with van der Waals surface area (Å²) in [6.07, 6.45) is 1.89. The van der Waals surface area contributed by atoms with Crippen molar-refractivity contribution in [3.63, 3.8) is 0 Å². The van der Waals surface area contributed by atoms with Crippen LogP contribution in [0, 0.1) is 11.3 Å². The number of hydrogen-bond acceptors (Lipinski definition) is 3. The maximum atomic E-state index is 9.51. The van der Waals surface area contributed by atoms with Crippen molar-refractivity contribution in [3.05, 3.63) is 0 Å². The molecule has 0 aromatic carbocycles. The van der Waals surface area contributed by atoms with E-state index in [0.29, 0.717) is 5.92 Å². The summed E-state index contributed by atoms with van der Waals surface area (Å²) in [5.41, 5.74) is 0.0214. The molecule has 1 aliphatic heterocycles. The molecule has 3 unspecified atom stereocenters. The van der Waals surface area contributed by atoms with Gasteiger partial charge in [-0.1, -0.05) is 13.8 Å². The lowest BCUT2D eigenvalue weighted by Crippen LogP contribution is -2.37. The van der Waals surface area contributed by atoms with Gasteiger partial charge in [-0.15, -0.1) is 0 Å². The monoisotopic (exact) mass is 215 g/mol. The molecule has 15 heavy (non-hydrogen) atoms. The first-order valence-electron chi connectivity index (χ1n) is 6.02. The fourth-order valence-electron chi connectivity index (χ4n) is 2.21. The molecule has 1 saturated heterocycles. The van der Waals surface area contributed by atoms with Crippen LogP contribution in [0.4, 0.5) is 0 Å². The van der Waals surface area contributed by atoms with Gasteiger partial charge in [0.1, 0.15) is 0 Å². The molecular formula is C12H25NO2. The number of aliphatic hydroxyl groups is 2. The Labute approximate surface area is 93.1 Å². The lowest BCUT2D eigenvalue weighted by atomic mass is 9.88. The molecular weight excluding hydrogens is 190 g/mol. The Morgan fingerprint density at radius 2 is 2.20 bits per heavy atom. The van der Waals surface area contributed by atoms with Crippen molar-refractivity contribution in [2.75, 3.05) is 26.2 Å². The largest absolute Gasteiger partial charge is 0.396 e. The maximum Gasteiger partial charge on any atom is 0.0552 e. The van der Waals surface area contributed by atoms with Gasteiger partial charge in [-0.25, -0.2) is 0 Å². The fourth-order valence-corrected chi connectivity index (χ4v) is 2.21. The van der Waals surface area contributed by atoms with Gasteiger partial charge in [0.05, 0.1) is 6.10 Å². The van der Waals surface area contributed by atoms with E-state index < -0.39 is 0 Å². The summed E-state index contributed by atoms with van der Waals surface area (Å²) >= 11 is 0. The van der Waals surface area contributed by atoms with Gasteiger partial charge >= 0.3 is 0 Å². The standard InChI is InChI=1S/C12H25NO2/c1-4-12(3,9-14)8-13-6-5-11(7-13)10(2)15/h10-11,14-15H,4-9H2,1-3H3. The van der Waals surface area contributed by atoms with E-state index in [1.807, 2.05) is 6.92 Å². The molecule has 90 valence electrons. The summed E-state index contributed by atoms with van der Waals surface area (Å²) in [5.74, 6) is 0.421. The minimum absolute atomic E-state index is 0.0214. The summed E-state index contributed by atoms with van der Waals surface area (Å²) in [7, 11) is 0. The average Bonchev–Trinajstić information content (AvgIpc) is 2.66. The van der Waals surface area contributed by atoms with Crippen LogP contribution in [-0.4, -0.2) is 47.5 Å². The van der Waals surface area contributed by atoms with Crippen molar-refractivity contribution in [1.29, 1.82) is 0 Å². The molecule has 0 aromatic heterocycles. The minimum atomic E-state index is -0.197. The third-order valence-electron chi connectivity index (χ3n) is 3.83. The number of nitrogens with zero attached hydrogens (tertiary/aromatic N) is 1. The zero-order valence-electron chi connectivity index (χ0n) is 10.2. The highest BCUT2D eigenvalue weighted by molar-refractivity contribution is 4.84. The Balaban J connectivity index is 2.41.